The molecule has 0 aliphatic carbocycles. The lowest BCUT2D eigenvalue weighted by atomic mass is 10.00. The van der Waals surface area contributed by atoms with Crippen molar-refractivity contribution in [3.63, 3.8) is 0 Å². The van der Waals surface area contributed by atoms with Crippen molar-refractivity contribution in [2.45, 2.75) is 33.3 Å². The molecule has 82 valence electrons. The largest absolute Gasteiger partial charge is 0.370 e. The highest BCUT2D eigenvalue weighted by Crippen LogP contribution is 2.13. The number of hydrogen-bond acceptors (Lipinski definition) is 2. The number of ether oxygens (including phenoxy) is 1. The predicted molar refractivity (Wildman–Crippen MR) is 61.2 cm³/mol. The molecule has 0 aromatic heterocycles. The van der Waals surface area contributed by atoms with Crippen molar-refractivity contribution in [2.75, 3.05) is 6.61 Å². The summed E-state index contributed by atoms with van der Waals surface area (Å²) >= 11 is 0. The summed E-state index contributed by atoms with van der Waals surface area (Å²) in [4.78, 5) is 12.1. The fraction of sp³-hybridized carbons (Fsp3) is 0.462. The highest BCUT2D eigenvalue weighted by atomic mass is 16.5. The SMILES string of the molecule is CCOC(CC)C(=O)c1ccccc1C. The van der Waals surface area contributed by atoms with Crippen molar-refractivity contribution in [2.24, 2.45) is 0 Å². The summed E-state index contributed by atoms with van der Waals surface area (Å²) in [6.45, 7) is 6.41. The third-order valence-electron chi connectivity index (χ3n) is 2.44. The molecule has 0 radical (unpaired) electrons. The Balaban J connectivity index is 2.88. The van der Waals surface area contributed by atoms with Crippen LogP contribution in [0.15, 0.2) is 24.3 Å². The molecule has 1 rings (SSSR count). The first-order valence-electron chi connectivity index (χ1n) is 5.42. The molecule has 0 amide bonds. The number of aryl methyl sites for hydroxylation is 1. The Morgan fingerprint density at radius 1 is 1.33 bits per heavy atom. The second-order valence-electron chi connectivity index (χ2n) is 3.53. The minimum absolute atomic E-state index is 0.0949. The molecule has 1 aromatic carbocycles. The van der Waals surface area contributed by atoms with E-state index in [4.69, 9.17) is 4.74 Å². The Kier molecular flexibility index (Phi) is 4.50. The molecule has 0 aliphatic rings. The van der Waals surface area contributed by atoms with Crippen molar-refractivity contribution >= 4 is 5.78 Å². The number of ketones is 1. The lowest BCUT2D eigenvalue weighted by molar-refractivity contribution is 0.0443. The highest BCUT2D eigenvalue weighted by molar-refractivity contribution is 6.00. The first kappa shape index (κ1) is 11.9. The smallest absolute Gasteiger partial charge is 0.191 e. The number of rotatable bonds is 5. The molecular weight excluding hydrogens is 188 g/mol. The Morgan fingerprint density at radius 3 is 2.53 bits per heavy atom. The Hall–Kier alpha value is -1.15. The normalized spacial score (nSPS) is 12.5. The fourth-order valence-electron chi connectivity index (χ4n) is 1.60. The van der Waals surface area contributed by atoms with E-state index in [2.05, 4.69) is 0 Å². The molecular formula is C13H18O2. The van der Waals surface area contributed by atoms with Gasteiger partial charge in [-0.2, -0.15) is 0 Å². The van der Waals surface area contributed by atoms with Gasteiger partial charge in [-0.15, -0.1) is 0 Å². The molecule has 1 unspecified atom stereocenters. The number of carbonyl (C=O) groups excluding carboxylic acids is 1. The van der Waals surface area contributed by atoms with Crippen molar-refractivity contribution in [1.82, 2.24) is 0 Å². The zero-order valence-corrected chi connectivity index (χ0v) is 9.62. The van der Waals surface area contributed by atoms with Crippen LogP contribution in [-0.4, -0.2) is 18.5 Å². The summed E-state index contributed by atoms with van der Waals surface area (Å²) < 4.78 is 5.41. The average molecular weight is 206 g/mol. The van der Waals surface area contributed by atoms with Gasteiger partial charge in [0.15, 0.2) is 5.78 Å². The maximum absolute atomic E-state index is 12.1. The van der Waals surface area contributed by atoms with Gasteiger partial charge in [0.1, 0.15) is 6.10 Å². The van der Waals surface area contributed by atoms with Crippen LogP contribution in [0, 0.1) is 6.92 Å². The van der Waals surface area contributed by atoms with Gasteiger partial charge in [0.25, 0.3) is 0 Å². The third-order valence-corrected chi connectivity index (χ3v) is 2.44. The van der Waals surface area contributed by atoms with Crippen LogP contribution < -0.4 is 0 Å². The predicted octanol–water partition coefficient (Wildman–Crippen LogP) is 2.99. The molecule has 0 saturated carbocycles. The maximum Gasteiger partial charge on any atom is 0.191 e. The van der Waals surface area contributed by atoms with E-state index in [0.29, 0.717) is 6.61 Å². The minimum atomic E-state index is -0.295. The first-order chi connectivity index (χ1) is 7.20. The van der Waals surface area contributed by atoms with Crippen molar-refractivity contribution < 1.29 is 9.53 Å². The van der Waals surface area contributed by atoms with E-state index < -0.39 is 0 Å². The van der Waals surface area contributed by atoms with Crippen LogP contribution in [0.3, 0.4) is 0 Å². The van der Waals surface area contributed by atoms with Crippen LogP contribution in [0.2, 0.25) is 0 Å². The van der Waals surface area contributed by atoms with Crippen LogP contribution in [0.1, 0.15) is 36.2 Å². The lowest BCUT2D eigenvalue weighted by Crippen LogP contribution is -2.24. The van der Waals surface area contributed by atoms with Crippen molar-refractivity contribution in [3.05, 3.63) is 35.4 Å². The molecule has 0 saturated heterocycles. The molecule has 0 fully saturated rings. The van der Waals surface area contributed by atoms with Crippen LogP contribution in [0.4, 0.5) is 0 Å². The summed E-state index contributed by atoms with van der Waals surface area (Å²) in [5, 5.41) is 0. The number of carbonyl (C=O) groups is 1. The van der Waals surface area contributed by atoms with Crippen LogP contribution in [0.5, 0.6) is 0 Å². The molecule has 1 aromatic rings. The van der Waals surface area contributed by atoms with Gasteiger partial charge >= 0.3 is 0 Å². The Morgan fingerprint density at radius 2 is 2.00 bits per heavy atom. The van der Waals surface area contributed by atoms with Gasteiger partial charge in [0, 0.05) is 12.2 Å². The minimum Gasteiger partial charge on any atom is -0.370 e. The molecule has 2 nitrogen and oxygen atoms in total. The molecule has 0 aliphatic heterocycles. The summed E-state index contributed by atoms with van der Waals surface area (Å²) in [5.74, 6) is 0.0949. The van der Waals surface area contributed by atoms with Gasteiger partial charge in [-0.1, -0.05) is 31.2 Å². The second kappa shape index (κ2) is 5.66. The average Bonchev–Trinajstić information content (AvgIpc) is 2.25. The van der Waals surface area contributed by atoms with E-state index in [-0.39, 0.29) is 11.9 Å². The Labute approximate surface area is 91.3 Å². The van der Waals surface area contributed by atoms with E-state index in [9.17, 15) is 4.79 Å². The lowest BCUT2D eigenvalue weighted by Gasteiger charge is -2.14. The van der Waals surface area contributed by atoms with Crippen LogP contribution in [-0.2, 0) is 4.74 Å². The molecule has 0 N–H and O–H groups in total. The van der Waals surface area contributed by atoms with Gasteiger partial charge in [0.2, 0.25) is 0 Å². The molecule has 0 heterocycles. The summed E-state index contributed by atoms with van der Waals surface area (Å²) in [6, 6.07) is 7.64. The zero-order chi connectivity index (χ0) is 11.3. The van der Waals surface area contributed by atoms with Crippen molar-refractivity contribution in [1.29, 1.82) is 0 Å². The van der Waals surface area contributed by atoms with Gasteiger partial charge in [0.05, 0.1) is 0 Å². The Bertz CT molecular complexity index is 331. The fourth-order valence-corrected chi connectivity index (χ4v) is 1.60. The summed E-state index contributed by atoms with van der Waals surface area (Å²) in [7, 11) is 0. The standard InChI is InChI=1S/C13H18O2/c1-4-12(15-5-2)13(14)11-9-7-6-8-10(11)3/h6-9,12H,4-5H2,1-3H3. The van der Waals surface area contributed by atoms with Crippen LogP contribution >= 0.6 is 0 Å². The quantitative estimate of drug-likeness (QED) is 0.692. The molecule has 2 heteroatoms. The van der Waals surface area contributed by atoms with E-state index in [0.717, 1.165) is 17.5 Å². The van der Waals surface area contributed by atoms with Gasteiger partial charge < -0.3 is 4.74 Å². The highest BCUT2D eigenvalue weighted by Gasteiger charge is 2.19. The number of benzene rings is 1. The number of Topliss-reactive ketones (excluding diaryl/α,β-unsaturated/α-hetero) is 1. The van der Waals surface area contributed by atoms with E-state index >= 15 is 0 Å². The van der Waals surface area contributed by atoms with Gasteiger partial charge in [-0.05, 0) is 25.8 Å². The topological polar surface area (TPSA) is 26.3 Å². The van der Waals surface area contributed by atoms with Gasteiger partial charge in [-0.3, -0.25) is 4.79 Å². The molecule has 15 heavy (non-hydrogen) atoms. The number of hydrogen-bond donors (Lipinski definition) is 0. The summed E-state index contributed by atoms with van der Waals surface area (Å²) in [6.07, 6.45) is 0.428. The van der Waals surface area contributed by atoms with E-state index in [1.807, 2.05) is 45.0 Å². The van der Waals surface area contributed by atoms with E-state index in [1.54, 1.807) is 0 Å². The monoisotopic (exact) mass is 206 g/mol. The molecule has 1 atom stereocenters. The zero-order valence-electron chi connectivity index (χ0n) is 9.62. The summed E-state index contributed by atoms with van der Waals surface area (Å²) in [5.41, 5.74) is 1.79. The maximum atomic E-state index is 12.1. The van der Waals surface area contributed by atoms with Crippen molar-refractivity contribution in [3.8, 4) is 0 Å². The first-order valence-corrected chi connectivity index (χ1v) is 5.42. The second-order valence-corrected chi connectivity index (χ2v) is 3.53. The van der Waals surface area contributed by atoms with Crippen LogP contribution in [0.25, 0.3) is 0 Å². The van der Waals surface area contributed by atoms with E-state index in [1.165, 1.54) is 0 Å². The molecule has 0 bridgehead atoms. The van der Waals surface area contributed by atoms with Gasteiger partial charge in [-0.25, -0.2) is 0 Å². The molecule has 0 spiro atoms. The third kappa shape index (κ3) is 2.90.